The van der Waals surface area contributed by atoms with Crippen LogP contribution in [-0.2, 0) is 7.05 Å². The van der Waals surface area contributed by atoms with Gasteiger partial charge in [-0.05, 0) is 18.8 Å². The number of aromatic nitrogens is 2. The quantitative estimate of drug-likeness (QED) is 0.780. The van der Waals surface area contributed by atoms with Crippen LogP contribution in [0.4, 0.5) is 0 Å². The summed E-state index contributed by atoms with van der Waals surface area (Å²) in [6, 6.07) is 0.183. The molecule has 1 unspecified atom stereocenters. The Morgan fingerprint density at radius 3 is 2.71 bits per heavy atom. The smallest absolute Gasteiger partial charge is 0.0946 e. The van der Waals surface area contributed by atoms with Gasteiger partial charge in [-0.2, -0.15) is 0 Å². The van der Waals surface area contributed by atoms with Crippen LogP contribution in [-0.4, -0.2) is 9.55 Å². The standard InChI is InChI=1S/C11H19N3/c1-14-8-13-7-10(14)11(12)9-5-3-2-4-6-9/h7-9,11H,2-6,12H2,1H3. The van der Waals surface area contributed by atoms with Crippen LogP contribution in [0.25, 0.3) is 0 Å². The number of imidazole rings is 1. The van der Waals surface area contributed by atoms with E-state index in [1.54, 1.807) is 0 Å². The summed E-state index contributed by atoms with van der Waals surface area (Å²) in [5.41, 5.74) is 7.43. The molecule has 1 aromatic heterocycles. The van der Waals surface area contributed by atoms with Crippen LogP contribution >= 0.6 is 0 Å². The SMILES string of the molecule is Cn1cncc1C(N)C1CCCCC1. The van der Waals surface area contributed by atoms with Gasteiger partial charge in [-0.3, -0.25) is 0 Å². The summed E-state index contributed by atoms with van der Waals surface area (Å²) >= 11 is 0. The summed E-state index contributed by atoms with van der Waals surface area (Å²) in [5, 5.41) is 0. The van der Waals surface area contributed by atoms with Crippen LogP contribution in [0, 0.1) is 5.92 Å². The van der Waals surface area contributed by atoms with E-state index in [9.17, 15) is 0 Å². The Labute approximate surface area is 85.3 Å². The van der Waals surface area contributed by atoms with Crippen LogP contribution in [0.15, 0.2) is 12.5 Å². The first kappa shape index (κ1) is 9.71. The van der Waals surface area contributed by atoms with E-state index in [-0.39, 0.29) is 6.04 Å². The lowest BCUT2D eigenvalue weighted by Gasteiger charge is -2.27. The second-order valence-electron chi connectivity index (χ2n) is 4.35. The highest BCUT2D eigenvalue weighted by Gasteiger charge is 2.23. The van der Waals surface area contributed by atoms with Gasteiger partial charge in [-0.25, -0.2) is 4.98 Å². The number of nitrogens with two attached hydrogens (primary N) is 1. The van der Waals surface area contributed by atoms with Crippen molar-refractivity contribution in [3.05, 3.63) is 18.2 Å². The minimum Gasteiger partial charge on any atom is -0.336 e. The first-order valence-corrected chi connectivity index (χ1v) is 5.51. The molecule has 0 saturated heterocycles. The Bertz CT molecular complexity index is 286. The molecule has 14 heavy (non-hydrogen) atoms. The zero-order valence-electron chi connectivity index (χ0n) is 8.82. The number of nitrogens with zero attached hydrogens (tertiary/aromatic N) is 2. The maximum Gasteiger partial charge on any atom is 0.0946 e. The molecule has 0 spiro atoms. The molecule has 2 rings (SSSR count). The van der Waals surface area contributed by atoms with Gasteiger partial charge >= 0.3 is 0 Å². The van der Waals surface area contributed by atoms with Crippen LogP contribution in [0.5, 0.6) is 0 Å². The fraction of sp³-hybridized carbons (Fsp3) is 0.727. The normalized spacial score (nSPS) is 21.0. The second-order valence-corrected chi connectivity index (χ2v) is 4.35. The highest BCUT2D eigenvalue weighted by Crippen LogP contribution is 2.32. The Kier molecular flexibility index (Phi) is 2.87. The van der Waals surface area contributed by atoms with E-state index in [1.165, 1.54) is 37.8 Å². The molecule has 1 aromatic rings. The fourth-order valence-corrected chi connectivity index (χ4v) is 2.42. The topological polar surface area (TPSA) is 43.8 Å². The minimum atomic E-state index is 0.183. The highest BCUT2D eigenvalue weighted by atomic mass is 15.0. The van der Waals surface area contributed by atoms with E-state index < -0.39 is 0 Å². The van der Waals surface area contributed by atoms with E-state index in [4.69, 9.17) is 5.73 Å². The van der Waals surface area contributed by atoms with Crippen LogP contribution in [0.1, 0.15) is 43.8 Å². The van der Waals surface area contributed by atoms with E-state index in [0.29, 0.717) is 5.92 Å². The highest BCUT2D eigenvalue weighted by molar-refractivity contribution is 5.05. The molecule has 1 aliphatic rings. The minimum absolute atomic E-state index is 0.183. The molecular weight excluding hydrogens is 174 g/mol. The van der Waals surface area contributed by atoms with Crippen molar-refractivity contribution < 1.29 is 0 Å². The summed E-state index contributed by atoms with van der Waals surface area (Å²) in [7, 11) is 2.02. The maximum atomic E-state index is 6.25. The summed E-state index contributed by atoms with van der Waals surface area (Å²) in [6.07, 6.45) is 10.4. The van der Waals surface area contributed by atoms with E-state index >= 15 is 0 Å². The molecule has 78 valence electrons. The maximum absolute atomic E-state index is 6.25. The molecule has 3 nitrogen and oxygen atoms in total. The average molecular weight is 193 g/mol. The predicted octanol–water partition coefficient (Wildman–Crippen LogP) is 2.00. The molecule has 0 radical (unpaired) electrons. The van der Waals surface area contributed by atoms with Gasteiger partial charge in [0, 0.05) is 19.3 Å². The molecule has 0 amide bonds. The van der Waals surface area contributed by atoms with Crippen molar-refractivity contribution in [1.29, 1.82) is 0 Å². The largest absolute Gasteiger partial charge is 0.336 e. The first-order valence-electron chi connectivity index (χ1n) is 5.51. The van der Waals surface area contributed by atoms with E-state index in [0.717, 1.165) is 0 Å². The third kappa shape index (κ3) is 1.82. The van der Waals surface area contributed by atoms with Gasteiger partial charge < -0.3 is 10.3 Å². The third-order valence-corrected chi connectivity index (χ3v) is 3.35. The fourth-order valence-electron chi connectivity index (χ4n) is 2.42. The molecule has 1 fully saturated rings. The molecule has 3 heteroatoms. The molecule has 0 aliphatic heterocycles. The van der Waals surface area contributed by atoms with Crippen molar-refractivity contribution in [2.24, 2.45) is 18.7 Å². The molecule has 1 saturated carbocycles. The van der Waals surface area contributed by atoms with Crippen molar-refractivity contribution in [2.75, 3.05) is 0 Å². The summed E-state index contributed by atoms with van der Waals surface area (Å²) < 4.78 is 2.04. The van der Waals surface area contributed by atoms with Gasteiger partial charge in [0.2, 0.25) is 0 Å². The van der Waals surface area contributed by atoms with Gasteiger partial charge in [0.1, 0.15) is 0 Å². The molecule has 1 atom stereocenters. The molecule has 1 aliphatic carbocycles. The van der Waals surface area contributed by atoms with Crippen molar-refractivity contribution in [3.63, 3.8) is 0 Å². The third-order valence-electron chi connectivity index (χ3n) is 3.35. The Morgan fingerprint density at radius 1 is 1.43 bits per heavy atom. The van der Waals surface area contributed by atoms with Crippen molar-refractivity contribution in [3.8, 4) is 0 Å². The summed E-state index contributed by atoms with van der Waals surface area (Å²) in [5.74, 6) is 0.666. The lowest BCUT2D eigenvalue weighted by Crippen LogP contribution is -2.25. The second kappa shape index (κ2) is 4.13. The van der Waals surface area contributed by atoms with Crippen LogP contribution < -0.4 is 5.73 Å². The lowest BCUT2D eigenvalue weighted by molar-refractivity contribution is 0.301. The average Bonchev–Trinajstić information content (AvgIpc) is 2.65. The number of aryl methyl sites for hydroxylation is 1. The Balaban J connectivity index is 2.07. The van der Waals surface area contributed by atoms with Gasteiger partial charge in [-0.15, -0.1) is 0 Å². The van der Waals surface area contributed by atoms with Crippen molar-refractivity contribution in [2.45, 2.75) is 38.1 Å². The summed E-state index contributed by atoms with van der Waals surface area (Å²) in [4.78, 5) is 4.12. The Hall–Kier alpha value is -0.830. The Morgan fingerprint density at radius 2 is 2.14 bits per heavy atom. The van der Waals surface area contributed by atoms with E-state index in [1.807, 2.05) is 24.1 Å². The van der Waals surface area contributed by atoms with Gasteiger partial charge in [0.05, 0.1) is 12.0 Å². The van der Waals surface area contributed by atoms with Crippen molar-refractivity contribution in [1.82, 2.24) is 9.55 Å². The lowest BCUT2D eigenvalue weighted by atomic mass is 9.83. The first-order chi connectivity index (χ1) is 6.79. The molecule has 0 aromatic carbocycles. The zero-order chi connectivity index (χ0) is 9.97. The number of hydrogen-bond donors (Lipinski definition) is 1. The zero-order valence-corrected chi connectivity index (χ0v) is 8.82. The molecule has 1 heterocycles. The van der Waals surface area contributed by atoms with E-state index in [2.05, 4.69) is 4.98 Å². The predicted molar refractivity (Wildman–Crippen MR) is 56.7 cm³/mol. The van der Waals surface area contributed by atoms with Crippen LogP contribution in [0.3, 0.4) is 0 Å². The molecule has 2 N–H and O–H groups in total. The van der Waals surface area contributed by atoms with Gasteiger partial charge in [0.25, 0.3) is 0 Å². The van der Waals surface area contributed by atoms with Gasteiger partial charge in [-0.1, -0.05) is 19.3 Å². The number of rotatable bonds is 2. The van der Waals surface area contributed by atoms with Crippen molar-refractivity contribution >= 4 is 0 Å². The molecule has 0 bridgehead atoms. The summed E-state index contributed by atoms with van der Waals surface area (Å²) in [6.45, 7) is 0. The monoisotopic (exact) mass is 193 g/mol. The number of hydrogen-bond acceptors (Lipinski definition) is 2. The van der Waals surface area contributed by atoms with Crippen LogP contribution in [0.2, 0.25) is 0 Å². The molecular formula is C11H19N3. The van der Waals surface area contributed by atoms with Gasteiger partial charge in [0.15, 0.2) is 0 Å².